The second-order valence-electron chi connectivity index (χ2n) is 12.4. The van der Waals surface area contributed by atoms with Crippen LogP contribution in [-0.2, 0) is 21.4 Å². The molecule has 0 radical (unpaired) electrons. The average molecular weight is 480 g/mol. The first-order valence-corrected chi connectivity index (χ1v) is 14.0. The quantitative estimate of drug-likeness (QED) is 0.714. The minimum atomic E-state index is -0.0731. The molecule has 1 aromatic rings. The van der Waals surface area contributed by atoms with Gasteiger partial charge in [0, 0.05) is 48.6 Å². The van der Waals surface area contributed by atoms with Gasteiger partial charge in [-0.1, -0.05) is 6.07 Å². The van der Waals surface area contributed by atoms with Gasteiger partial charge in [-0.05, 0) is 69.0 Å². The van der Waals surface area contributed by atoms with Crippen LogP contribution in [0.25, 0.3) is 0 Å². The van der Waals surface area contributed by atoms with Crippen molar-refractivity contribution >= 4 is 5.91 Å². The molecule has 2 spiro atoms. The number of nitrogens with zero attached hydrogens (tertiary/aromatic N) is 3. The molecule has 188 valence electrons. The number of ether oxygens (including phenoxy) is 2. The molecule has 5 atom stereocenters. The number of hydrogen-bond acceptors (Lipinski definition) is 6. The lowest BCUT2D eigenvalue weighted by Crippen LogP contribution is -2.72. The number of hydrogen-bond donors (Lipinski definition) is 1. The summed E-state index contributed by atoms with van der Waals surface area (Å²) in [5, 5.41) is 10.9. The van der Waals surface area contributed by atoms with E-state index < -0.39 is 0 Å². The number of phenolic OH excluding ortho intramolecular Hbond substituents is 1. The SMILES string of the molecule is O=C(CN1CCOCC1)N1CC[C@@]23CC[C@@H]1[C@@H]1Oc4c(O)ccc5c4[C@@]12CCN(CC1CC1)[C@@H]3C5. The van der Waals surface area contributed by atoms with Crippen molar-refractivity contribution in [2.24, 2.45) is 11.3 Å². The Morgan fingerprint density at radius 2 is 1.91 bits per heavy atom. The zero-order valence-electron chi connectivity index (χ0n) is 20.6. The lowest BCUT2D eigenvalue weighted by molar-refractivity contribution is -0.145. The Morgan fingerprint density at radius 3 is 2.74 bits per heavy atom. The monoisotopic (exact) mass is 479 g/mol. The number of carbonyl (C=O) groups is 1. The molecule has 5 heterocycles. The van der Waals surface area contributed by atoms with Crippen molar-refractivity contribution in [1.82, 2.24) is 14.7 Å². The van der Waals surface area contributed by atoms with Crippen LogP contribution >= 0.6 is 0 Å². The molecule has 1 aromatic carbocycles. The number of fused-ring (bicyclic) bond motifs is 3. The molecule has 4 saturated heterocycles. The fourth-order valence-corrected chi connectivity index (χ4v) is 9.34. The van der Waals surface area contributed by atoms with Gasteiger partial charge in [-0.3, -0.25) is 14.6 Å². The number of morpholine rings is 1. The highest BCUT2D eigenvalue weighted by atomic mass is 16.5. The van der Waals surface area contributed by atoms with Crippen molar-refractivity contribution in [3.8, 4) is 11.5 Å². The summed E-state index contributed by atoms with van der Waals surface area (Å²) in [6, 6.07) is 4.62. The lowest BCUT2D eigenvalue weighted by Gasteiger charge is -2.66. The molecule has 6 fully saturated rings. The van der Waals surface area contributed by atoms with E-state index in [-0.39, 0.29) is 34.6 Å². The molecule has 7 heteroatoms. The molecule has 4 bridgehead atoms. The van der Waals surface area contributed by atoms with E-state index in [4.69, 9.17) is 9.47 Å². The van der Waals surface area contributed by atoms with Gasteiger partial charge in [-0.25, -0.2) is 0 Å². The van der Waals surface area contributed by atoms with Crippen molar-refractivity contribution in [3.05, 3.63) is 23.3 Å². The highest BCUT2D eigenvalue weighted by Crippen LogP contribution is 2.71. The van der Waals surface area contributed by atoms with Crippen LogP contribution < -0.4 is 4.74 Å². The maximum atomic E-state index is 13.8. The topological polar surface area (TPSA) is 65.5 Å². The summed E-state index contributed by atoms with van der Waals surface area (Å²) in [6.07, 6.45) is 8.10. The standard InChI is InChI=1S/C28H37N3O4/c32-21-4-3-19-15-22-27-6-5-20(31(10-7-27)23(33)17-29-11-13-34-14-12-29)26-28(27,24(19)25(21)35-26)8-9-30(22)16-18-1-2-18/h3-4,18,20,22,26,32H,1-2,5-17H2/t20-,22-,26+,27-,28+/m1/s1. The van der Waals surface area contributed by atoms with E-state index >= 15 is 0 Å². The molecule has 35 heavy (non-hydrogen) atoms. The minimum absolute atomic E-state index is 0.0414. The average Bonchev–Trinajstić information content (AvgIpc) is 3.65. The molecule has 0 aromatic heterocycles. The molecule has 9 rings (SSSR count). The first-order valence-electron chi connectivity index (χ1n) is 14.0. The van der Waals surface area contributed by atoms with E-state index in [9.17, 15) is 9.90 Å². The van der Waals surface area contributed by atoms with Crippen molar-refractivity contribution in [1.29, 1.82) is 0 Å². The summed E-state index contributed by atoms with van der Waals surface area (Å²) in [7, 11) is 0. The lowest BCUT2D eigenvalue weighted by atomic mass is 9.42. The van der Waals surface area contributed by atoms with Gasteiger partial charge in [0.25, 0.3) is 0 Å². The molecular weight excluding hydrogens is 442 g/mol. The Kier molecular flexibility index (Phi) is 4.47. The van der Waals surface area contributed by atoms with Gasteiger partial charge in [0.1, 0.15) is 6.10 Å². The summed E-state index contributed by atoms with van der Waals surface area (Å²) >= 11 is 0. The van der Waals surface area contributed by atoms with Crippen molar-refractivity contribution in [2.75, 3.05) is 52.5 Å². The maximum absolute atomic E-state index is 13.8. The predicted octanol–water partition coefficient (Wildman–Crippen LogP) is 2.14. The number of benzene rings is 1. The van der Waals surface area contributed by atoms with Crippen LogP contribution in [-0.4, -0.2) is 96.4 Å². The van der Waals surface area contributed by atoms with Crippen LogP contribution in [0, 0.1) is 11.3 Å². The van der Waals surface area contributed by atoms with Crippen molar-refractivity contribution < 1.29 is 19.4 Å². The number of rotatable bonds is 4. The summed E-state index contributed by atoms with van der Waals surface area (Å²) < 4.78 is 12.3. The number of piperidine rings is 1. The minimum Gasteiger partial charge on any atom is -0.504 e. The van der Waals surface area contributed by atoms with Crippen LogP contribution in [0.15, 0.2) is 12.1 Å². The number of amides is 1. The Balaban J connectivity index is 1.21. The fraction of sp³-hybridized carbons (Fsp3) is 0.750. The zero-order valence-corrected chi connectivity index (χ0v) is 20.6. The maximum Gasteiger partial charge on any atom is 0.237 e. The van der Waals surface area contributed by atoms with Gasteiger partial charge in [0.15, 0.2) is 11.5 Å². The van der Waals surface area contributed by atoms with E-state index in [0.29, 0.717) is 25.8 Å². The zero-order chi connectivity index (χ0) is 23.4. The van der Waals surface area contributed by atoms with E-state index in [0.717, 1.165) is 63.5 Å². The summed E-state index contributed by atoms with van der Waals surface area (Å²) in [5.41, 5.74) is 2.75. The van der Waals surface area contributed by atoms with Crippen LogP contribution in [0.4, 0.5) is 0 Å². The van der Waals surface area contributed by atoms with Crippen molar-refractivity contribution in [3.63, 3.8) is 0 Å². The highest BCUT2D eigenvalue weighted by molar-refractivity contribution is 5.79. The molecular formula is C28H37N3O4. The van der Waals surface area contributed by atoms with Crippen molar-refractivity contribution in [2.45, 2.75) is 68.5 Å². The number of phenols is 1. The Bertz CT molecular complexity index is 1070. The molecule has 0 unspecified atom stereocenters. The smallest absolute Gasteiger partial charge is 0.237 e. The molecule has 1 N–H and O–H groups in total. The van der Waals surface area contributed by atoms with Gasteiger partial charge in [-0.2, -0.15) is 0 Å². The first kappa shape index (κ1) is 21.3. The van der Waals surface area contributed by atoms with Crippen LogP contribution in [0.5, 0.6) is 11.5 Å². The molecule has 2 saturated carbocycles. The highest BCUT2D eigenvalue weighted by Gasteiger charge is 2.74. The second-order valence-corrected chi connectivity index (χ2v) is 12.4. The molecule has 3 aliphatic carbocycles. The van der Waals surface area contributed by atoms with Crippen LogP contribution in [0.2, 0.25) is 0 Å². The normalized spacial score (nSPS) is 39.8. The predicted molar refractivity (Wildman–Crippen MR) is 130 cm³/mol. The van der Waals surface area contributed by atoms with E-state index in [1.54, 1.807) is 0 Å². The number of aromatic hydroxyl groups is 1. The Morgan fingerprint density at radius 1 is 1.06 bits per heavy atom. The van der Waals surface area contributed by atoms with E-state index in [2.05, 4.69) is 20.8 Å². The van der Waals surface area contributed by atoms with Gasteiger partial charge in [0.05, 0.1) is 25.8 Å². The van der Waals surface area contributed by atoms with Gasteiger partial charge in [-0.15, -0.1) is 0 Å². The molecule has 1 amide bonds. The fourth-order valence-electron chi connectivity index (χ4n) is 9.34. The largest absolute Gasteiger partial charge is 0.504 e. The summed E-state index contributed by atoms with van der Waals surface area (Å²) in [5.74, 6) is 2.14. The number of carbonyl (C=O) groups excluding carboxylic acids is 1. The first-order chi connectivity index (χ1) is 17.1. The second kappa shape index (κ2) is 7.36. The third-order valence-corrected chi connectivity index (χ3v) is 11.0. The van der Waals surface area contributed by atoms with Gasteiger partial charge >= 0.3 is 0 Å². The molecule has 7 nitrogen and oxygen atoms in total. The summed E-state index contributed by atoms with van der Waals surface area (Å²) in [6.45, 7) is 6.76. The van der Waals surface area contributed by atoms with Gasteiger partial charge < -0.3 is 19.5 Å². The van der Waals surface area contributed by atoms with Crippen LogP contribution in [0.1, 0.15) is 49.7 Å². The molecule has 5 aliphatic heterocycles. The van der Waals surface area contributed by atoms with Crippen LogP contribution in [0.3, 0.4) is 0 Å². The molecule has 8 aliphatic rings. The number of likely N-dealkylation sites (tertiary alicyclic amines) is 1. The third-order valence-electron chi connectivity index (χ3n) is 11.0. The third kappa shape index (κ3) is 2.75. The van der Waals surface area contributed by atoms with E-state index in [1.165, 1.54) is 36.9 Å². The Hall–Kier alpha value is -1.83. The summed E-state index contributed by atoms with van der Waals surface area (Å²) in [4.78, 5) is 21.1. The Labute approximate surface area is 207 Å². The van der Waals surface area contributed by atoms with Gasteiger partial charge in [0.2, 0.25) is 5.91 Å². The van der Waals surface area contributed by atoms with E-state index in [1.807, 2.05) is 6.07 Å².